The molecular formula is C15H15ClN4O2. The predicted molar refractivity (Wildman–Crippen MR) is 81.5 cm³/mol. The summed E-state index contributed by atoms with van der Waals surface area (Å²) in [6, 6.07) is 7.35. The summed E-state index contributed by atoms with van der Waals surface area (Å²) in [5, 5.41) is 22.3. The predicted octanol–water partition coefficient (Wildman–Crippen LogP) is 2.74. The first-order valence-corrected chi connectivity index (χ1v) is 7.19. The van der Waals surface area contributed by atoms with Crippen LogP contribution in [0.4, 0.5) is 0 Å². The van der Waals surface area contributed by atoms with Crippen molar-refractivity contribution >= 4 is 11.6 Å². The number of aliphatic hydroxyl groups excluding tert-OH is 1. The Bertz CT molecular complexity index is 773. The van der Waals surface area contributed by atoms with Crippen molar-refractivity contribution in [3.8, 4) is 11.3 Å². The maximum Gasteiger partial charge on any atom is 0.138 e. The number of hydrogen-bond acceptors (Lipinski definition) is 5. The maximum absolute atomic E-state index is 9.51. The van der Waals surface area contributed by atoms with Gasteiger partial charge < -0.3 is 9.63 Å². The van der Waals surface area contributed by atoms with Crippen LogP contribution in [0.2, 0.25) is 5.02 Å². The van der Waals surface area contributed by atoms with Crippen LogP contribution in [-0.2, 0) is 13.2 Å². The summed E-state index contributed by atoms with van der Waals surface area (Å²) >= 11 is 5.94. The van der Waals surface area contributed by atoms with Gasteiger partial charge in [0, 0.05) is 16.1 Å². The number of halogens is 1. The highest BCUT2D eigenvalue weighted by atomic mass is 35.5. The Labute approximate surface area is 132 Å². The fourth-order valence-electron chi connectivity index (χ4n) is 2.37. The van der Waals surface area contributed by atoms with E-state index in [-0.39, 0.29) is 6.61 Å². The van der Waals surface area contributed by atoms with E-state index in [1.54, 1.807) is 16.8 Å². The zero-order valence-electron chi connectivity index (χ0n) is 12.2. The number of nitrogens with zero attached hydrogens (tertiary/aromatic N) is 4. The average Bonchev–Trinajstić information content (AvgIpc) is 3.06. The molecule has 0 bridgehead atoms. The van der Waals surface area contributed by atoms with Gasteiger partial charge in [-0.2, -0.15) is 0 Å². The second kappa shape index (κ2) is 5.90. The normalized spacial score (nSPS) is 11.1. The zero-order valence-corrected chi connectivity index (χ0v) is 13.0. The highest BCUT2D eigenvalue weighted by molar-refractivity contribution is 6.30. The number of aryl methyl sites for hydroxylation is 2. The molecule has 0 spiro atoms. The minimum Gasteiger partial charge on any atom is -0.390 e. The lowest BCUT2D eigenvalue weighted by Gasteiger charge is -2.08. The summed E-state index contributed by atoms with van der Waals surface area (Å²) in [5.74, 6) is 0.751. The van der Waals surface area contributed by atoms with Gasteiger partial charge >= 0.3 is 0 Å². The second-order valence-corrected chi connectivity index (χ2v) is 5.45. The van der Waals surface area contributed by atoms with Crippen LogP contribution in [0.25, 0.3) is 11.3 Å². The first-order chi connectivity index (χ1) is 10.6. The summed E-state index contributed by atoms with van der Waals surface area (Å²) < 4.78 is 6.92. The molecule has 3 rings (SSSR count). The van der Waals surface area contributed by atoms with Crippen LogP contribution in [0.5, 0.6) is 0 Å². The molecule has 6 nitrogen and oxygen atoms in total. The molecule has 0 aliphatic rings. The first-order valence-electron chi connectivity index (χ1n) is 6.81. The van der Waals surface area contributed by atoms with Gasteiger partial charge in [-0.15, -0.1) is 5.10 Å². The number of hydrogen-bond donors (Lipinski definition) is 1. The molecule has 7 heteroatoms. The van der Waals surface area contributed by atoms with Crippen molar-refractivity contribution in [2.45, 2.75) is 27.0 Å². The van der Waals surface area contributed by atoms with E-state index in [0.29, 0.717) is 17.3 Å². The van der Waals surface area contributed by atoms with Crippen molar-refractivity contribution in [2.75, 3.05) is 0 Å². The van der Waals surface area contributed by atoms with E-state index >= 15 is 0 Å². The van der Waals surface area contributed by atoms with Gasteiger partial charge in [-0.25, -0.2) is 4.68 Å². The number of benzene rings is 1. The van der Waals surface area contributed by atoms with E-state index in [2.05, 4.69) is 15.5 Å². The standard InChI is InChI=1S/C15H15ClN4O2/c1-9-13(10(2)22-18-9)7-20-15(14(8-21)17-19-20)11-3-5-12(16)6-4-11/h3-6,21H,7-8H2,1-2H3. The van der Waals surface area contributed by atoms with Gasteiger partial charge in [-0.1, -0.05) is 34.1 Å². The van der Waals surface area contributed by atoms with Gasteiger partial charge in [0.15, 0.2) is 0 Å². The molecule has 0 unspecified atom stereocenters. The van der Waals surface area contributed by atoms with E-state index in [1.165, 1.54) is 0 Å². The summed E-state index contributed by atoms with van der Waals surface area (Å²) in [5.41, 5.74) is 3.96. The second-order valence-electron chi connectivity index (χ2n) is 5.01. The Kier molecular flexibility index (Phi) is 3.96. The van der Waals surface area contributed by atoms with Crippen molar-refractivity contribution < 1.29 is 9.63 Å². The fourth-order valence-corrected chi connectivity index (χ4v) is 2.49. The van der Waals surface area contributed by atoms with E-state index in [0.717, 1.165) is 28.3 Å². The molecule has 0 atom stereocenters. The van der Waals surface area contributed by atoms with Crippen molar-refractivity contribution in [1.29, 1.82) is 0 Å². The van der Waals surface area contributed by atoms with Crippen molar-refractivity contribution in [3.05, 3.63) is 52.0 Å². The molecule has 0 amide bonds. The molecule has 114 valence electrons. The molecule has 1 N–H and O–H groups in total. The van der Waals surface area contributed by atoms with Crippen LogP contribution in [0.15, 0.2) is 28.8 Å². The maximum atomic E-state index is 9.51. The molecule has 3 aromatic rings. The minimum absolute atomic E-state index is 0.181. The zero-order chi connectivity index (χ0) is 15.7. The molecule has 0 fully saturated rings. The Balaban J connectivity index is 2.06. The molecule has 0 saturated heterocycles. The topological polar surface area (TPSA) is 77.0 Å². The summed E-state index contributed by atoms with van der Waals surface area (Å²) in [6.07, 6.45) is 0. The van der Waals surface area contributed by atoms with Gasteiger partial charge in [-0.3, -0.25) is 0 Å². The molecule has 22 heavy (non-hydrogen) atoms. The summed E-state index contributed by atoms with van der Waals surface area (Å²) in [7, 11) is 0. The molecule has 2 heterocycles. The van der Waals surface area contributed by atoms with Crippen LogP contribution in [0.1, 0.15) is 22.7 Å². The molecular weight excluding hydrogens is 304 g/mol. The third kappa shape index (κ3) is 2.63. The minimum atomic E-state index is -0.181. The van der Waals surface area contributed by atoms with Crippen LogP contribution in [-0.4, -0.2) is 25.3 Å². The Hall–Kier alpha value is -2.18. The van der Waals surface area contributed by atoms with Gasteiger partial charge in [0.1, 0.15) is 11.5 Å². The monoisotopic (exact) mass is 318 g/mol. The molecule has 0 aliphatic heterocycles. The third-order valence-corrected chi connectivity index (χ3v) is 3.81. The SMILES string of the molecule is Cc1noc(C)c1Cn1nnc(CO)c1-c1ccc(Cl)cc1. The van der Waals surface area contributed by atoms with Crippen LogP contribution in [0, 0.1) is 13.8 Å². The largest absolute Gasteiger partial charge is 0.390 e. The molecule has 0 aliphatic carbocycles. The Morgan fingerprint density at radius 1 is 1.23 bits per heavy atom. The molecule has 0 radical (unpaired) electrons. The van der Waals surface area contributed by atoms with Crippen LogP contribution >= 0.6 is 11.6 Å². The number of rotatable bonds is 4. The summed E-state index contributed by atoms with van der Waals surface area (Å²) in [6.45, 7) is 4.05. The molecule has 0 saturated carbocycles. The lowest BCUT2D eigenvalue weighted by molar-refractivity contribution is 0.277. The molecule has 2 aromatic heterocycles. The van der Waals surface area contributed by atoms with Crippen molar-refractivity contribution in [1.82, 2.24) is 20.2 Å². The van der Waals surface area contributed by atoms with E-state index in [9.17, 15) is 5.11 Å². The lowest BCUT2D eigenvalue weighted by atomic mass is 10.1. The number of aliphatic hydroxyl groups is 1. The van der Waals surface area contributed by atoms with E-state index in [1.807, 2.05) is 26.0 Å². The van der Waals surface area contributed by atoms with E-state index < -0.39 is 0 Å². The highest BCUT2D eigenvalue weighted by Crippen LogP contribution is 2.25. The first kappa shape index (κ1) is 14.7. The Morgan fingerprint density at radius 3 is 2.55 bits per heavy atom. The van der Waals surface area contributed by atoms with Gasteiger partial charge in [-0.05, 0) is 26.0 Å². The summed E-state index contributed by atoms with van der Waals surface area (Å²) in [4.78, 5) is 0. The Morgan fingerprint density at radius 2 is 1.95 bits per heavy atom. The quantitative estimate of drug-likeness (QED) is 0.800. The van der Waals surface area contributed by atoms with Gasteiger partial charge in [0.05, 0.1) is 24.5 Å². The average molecular weight is 319 g/mol. The van der Waals surface area contributed by atoms with Gasteiger partial charge in [0.25, 0.3) is 0 Å². The smallest absolute Gasteiger partial charge is 0.138 e. The van der Waals surface area contributed by atoms with Gasteiger partial charge in [0.2, 0.25) is 0 Å². The lowest BCUT2D eigenvalue weighted by Crippen LogP contribution is -2.06. The molecule has 1 aromatic carbocycles. The van der Waals surface area contributed by atoms with Crippen LogP contribution < -0.4 is 0 Å². The van der Waals surface area contributed by atoms with Crippen molar-refractivity contribution in [3.63, 3.8) is 0 Å². The van der Waals surface area contributed by atoms with Crippen molar-refractivity contribution in [2.24, 2.45) is 0 Å². The highest BCUT2D eigenvalue weighted by Gasteiger charge is 2.17. The third-order valence-electron chi connectivity index (χ3n) is 3.56. The van der Waals surface area contributed by atoms with Crippen LogP contribution in [0.3, 0.4) is 0 Å². The number of aromatic nitrogens is 4. The fraction of sp³-hybridized carbons (Fsp3) is 0.267. The van der Waals surface area contributed by atoms with E-state index in [4.69, 9.17) is 16.1 Å².